The van der Waals surface area contributed by atoms with E-state index in [0.717, 1.165) is 19.4 Å². The van der Waals surface area contributed by atoms with Gasteiger partial charge >= 0.3 is 0 Å². The lowest BCUT2D eigenvalue weighted by Gasteiger charge is -2.01. The van der Waals surface area contributed by atoms with Gasteiger partial charge in [0.25, 0.3) is 11.7 Å². The number of hydrogen-bond acceptors (Lipinski definition) is 6. The van der Waals surface area contributed by atoms with Gasteiger partial charge in [-0.05, 0) is 31.5 Å². The third-order valence-electron chi connectivity index (χ3n) is 2.92. The molecule has 1 unspecified atom stereocenters. The lowest BCUT2D eigenvalue weighted by molar-refractivity contribution is 0.101. The second-order valence-electron chi connectivity index (χ2n) is 4.30. The summed E-state index contributed by atoms with van der Waals surface area (Å²) in [6.45, 7) is 0.935. The van der Waals surface area contributed by atoms with Crippen LogP contribution in [-0.2, 0) is 0 Å². The quantitative estimate of drug-likeness (QED) is 0.858. The van der Waals surface area contributed by atoms with Crippen LogP contribution in [0.5, 0.6) is 0 Å². The predicted octanol–water partition coefficient (Wildman–Crippen LogP) is 1.14. The van der Waals surface area contributed by atoms with Crippen molar-refractivity contribution in [3.8, 4) is 0 Å². The fourth-order valence-electron chi connectivity index (χ4n) is 1.99. The first-order valence-corrected chi connectivity index (χ1v) is 6.11. The molecule has 0 spiro atoms. The van der Waals surface area contributed by atoms with Gasteiger partial charge in [0.2, 0.25) is 5.89 Å². The van der Waals surface area contributed by atoms with Crippen molar-refractivity contribution < 1.29 is 9.32 Å². The van der Waals surface area contributed by atoms with E-state index in [2.05, 4.69) is 25.8 Å². The minimum Gasteiger partial charge on any atom is -0.337 e. The van der Waals surface area contributed by atoms with Crippen LogP contribution in [0, 0.1) is 0 Å². The van der Waals surface area contributed by atoms with Gasteiger partial charge in [0, 0.05) is 6.20 Å². The topological polar surface area (TPSA) is 92.9 Å². The maximum absolute atomic E-state index is 11.9. The summed E-state index contributed by atoms with van der Waals surface area (Å²) >= 11 is 0. The van der Waals surface area contributed by atoms with Crippen molar-refractivity contribution in [3.63, 3.8) is 0 Å². The van der Waals surface area contributed by atoms with Crippen LogP contribution in [0.15, 0.2) is 29.0 Å². The Balaban J connectivity index is 1.70. The smallest absolute Gasteiger partial charge is 0.297 e. The van der Waals surface area contributed by atoms with E-state index in [-0.39, 0.29) is 11.9 Å². The molecular formula is C12H13N5O2. The highest BCUT2D eigenvalue weighted by Crippen LogP contribution is 2.21. The molecule has 1 amide bonds. The van der Waals surface area contributed by atoms with Gasteiger partial charge in [-0.2, -0.15) is 4.98 Å². The lowest BCUT2D eigenvalue weighted by Crippen LogP contribution is -2.15. The highest BCUT2D eigenvalue weighted by atomic mass is 16.5. The Morgan fingerprint density at radius 2 is 2.47 bits per heavy atom. The van der Waals surface area contributed by atoms with Crippen molar-refractivity contribution in [1.82, 2.24) is 20.4 Å². The zero-order chi connectivity index (χ0) is 13.1. The molecule has 3 rings (SSSR count). The molecule has 0 radical (unpaired) electrons. The molecule has 7 nitrogen and oxygen atoms in total. The van der Waals surface area contributed by atoms with Crippen molar-refractivity contribution in [2.45, 2.75) is 18.9 Å². The Morgan fingerprint density at radius 3 is 3.21 bits per heavy atom. The predicted molar refractivity (Wildman–Crippen MR) is 66.5 cm³/mol. The number of carbonyl (C=O) groups excluding carboxylic acids is 1. The maximum Gasteiger partial charge on any atom is 0.297 e. The Bertz CT molecular complexity index is 563. The standard InChI is InChI=1S/C12H13N5O2/c18-11(15-8-3-1-5-13-7-8)10-16-12(19-17-10)9-4-2-6-14-9/h1,3,5,7,9,14H,2,4,6H2,(H,15,18). The fourth-order valence-corrected chi connectivity index (χ4v) is 1.99. The summed E-state index contributed by atoms with van der Waals surface area (Å²) < 4.78 is 5.11. The number of nitrogens with zero attached hydrogens (tertiary/aromatic N) is 3. The Morgan fingerprint density at radius 1 is 1.53 bits per heavy atom. The molecule has 1 atom stereocenters. The summed E-state index contributed by atoms with van der Waals surface area (Å²) in [4.78, 5) is 19.9. The maximum atomic E-state index is 11.9. The monoisotopic (exact) mass is 259 g/mol. The third-order valence-corrected chi connectivity index (χ3v) is 2.92. The molecule has 1 aliphatic rings. The molecule has 1 aliphatic heterocycles. The van der Waals surface area contributed by atoms with Crippen molar-refractivity contribution in [3.05, 3.63) is 36.2 Å². The van der Waals surface area contributed by atoms with E-state index < -0.39 is 5.91 Å². The van der Waals surface area contributed by atoms with Crippen LogP contribution in [0.25, 0.3) is 0 Å². The number of hydrogen-bond donors (Lipinski definition) is 2. The van der Waals surface area contributed by atoms with Crippen LogP contribution in [-0.4, -0.2) is 27.6 Å². The molecule has 19 heavy (non-hydrogen) atoms. The molecule has 1 fully saturated rings. The number of nitrogens with one attached hydrogen (secondary N) is 2. The Hall–Kier alpha value is -2.28. The second kappa shape index (κ2) is 5.15. The molecule has 2 N–H and O–H groups in total. The molecule has 0 aromatic carbocycles. The van der Waals surface area contributed by atoms with E-state index in [1.807, 2.05) is 0 Å². The molecule has 1 saturated heterocycles. The van der Waals surface area contributed by atoms with Crippen molar-refractivity contribution in [2.75, 3.05) is 11.9 Å². The van der Waals surface area contributed by atoms with E-state index in [1.54, 1.807) is 24.5 Å². The van der Waals surface area contributed by atoms with Crippen molar-refractivity contribution in [1.29, 1.82) is 0 Å². The van der Waals surface area contributed by atoms with Crippen LogP contribution in [0.2, 0.25) is 0 Å². The van der Waals surface area contributed by atoms with Gasteiger partial charge in [0.1, 0.15) is 0 Å². The van der Waals surface area contributed by atoms with E-state index in [9.17, 15) is 4.79 Å². The van der Waals surface area contributed by atoms with Crippen LogP contribution in [0.4, 0.5) is 5.69 Å². The number of amides is 1. The molecule has 7 heteroatoms. The summed E-state index contributed by atoms with van der Waals surface area (Å²) in [7, 11) is 0. The molecule has 3 heterocycles. The van der Waals surface area contributed by atoms with Gasteiger partial charge in [0.15, 0.2) is 0 Å². The number of anilines is 1. The highest BCUT2D eigenvalue weighted by Gasteiger charge is 2.24. The number of pyridine rings is 1. The highest BCUT2D eigenvalue weighted by molar-refractivity contribution is 6.01. The van der Waals surface area contributed by atoms with Crippen LogP contribution < -0.4 is 10.6 Å². The van der Waals surface area contributed by atoms with Crippen LogP contribution in [0.3, 0.4) is 0 Å². The molecule has 2 aromatic rings. The summed E-state index contributed by atoms with van der Waals surface area (Å²) in [5.41, 5.74) is 0.595. The van der Waals surface area contributed by atoms with Crippen molar-refractivity contribution >= 4 is 11.6 Å². The Labute approximate surface area is 109 Å². The van der Waals surface area contributed by atoms with Crippen LogP contribution >= 0.6 is 0 Å². The van der Waals surface area contributed by atoms with Gasteiger partial charge in [-0.25, -0.2) is 0 Å². The average molecular weight is 259 g/mol. The summed E-state index contributed by atoms with van der Waals surface area (Å²) in [6, 6.07) is 3.54. The van der Waals surface area contributed by atoms with Crippen molar-refractivity contribution in [2.24, 2.45) is 0 Å². The van der Waals surface area contributed by atoms with Gasteiger partial charge in [-0.1, -0.05) is 5.16 Å². The molecule has 0 aliphatic carbocycles. The fraction of sp³-hybridized carbons (Fsp3) is 0.333. The number of carbonyl (C=O) groups is 1. The van der Waals surface area contributed by atoms with E-state index in [1.165, 1.54) is 0 Å². The lowest BCUT2D eigenvalue weighted by atomic mass is 10.2. The summed E-state index contributed by atoms with van der Waals surface area (Å²) in [6.07, 6.45) is 5.21. The van der Waals surface area contributed by atoms with E-state index in [4.69, 9.17) is 4.52 Å². The SMILES string of the molecule is O=C(Nc1cccnc1)c1noc(C2CCCN2)n1. The first-order chi connectivity index (χ1) is 9.33. The second-order valence-corrected chi connectivity index (χ2v) is 4.30. The molecule has 2 aromatic heterocycles. The van der Waals surface area contributed by atoms with Gasteiger partial charge in [0.05, 0.1) is 17.9 Å². The van der Waals surface area contributed by atoms with Gasteiger partial charge < -0.3 is 15.2 Å². The zero-order valence-electron chi connectivity index (χ0n) is 10.2. The largest absolute Gasteiger partial charge is 0.337 e. The molecular weight excluding hydrogens is 246 g/mol. The number of aromatic nitrogens is 3. The average Bonchev–Trinajstić information content (AvgIpc) is 3.11. The normalized spacial score (nSPS) is 18.4. The van der Waals surface area contributed by atoms with Crippen LogP contribution in [0.1, 0.15) is 35.4 Å². The first-order valence-electron chi connectivity index (χ1n) is 6.11. The molecule has 0 bridgehead atoms. The minimum absolute atomic E-state index is 0.0348. The van der Waals surface area contributed by atoms with E-state index in [0.29, 0.717) is 11.6 Å². The van der Waals surface area contributed by atoms with Gasteiger partial charge in [-0.3, -0.25) is 9.78 Å². The Kier molecular flexibility index (Phi) is 3.20. The zero-order valence-corrected chi connectivity index (χ0v) is 10.2. The minimum atomic E-state index is -0.402. The summed E-state index contributed by atoms with van der Waals surface area (Å²) in [5, 5.41) is 9.59. The third kappa shape index (κ3) is 2.60. The molecule has 98 valence electrons. The van der Waals surface area contributed by atoms with Gasteiger partial charge in [-0.15, -0.1) is 0 Å². The van der Waals surface area contributed by atoms with E-state index >= 15 is 0 Å². The summed E-state index contributed by atoms with van der Waals surface area (Å²) in [5.74, 6) is 0.0994. The first kappa shape index (κ1) is 11.8. The molecule has 0 saturated carbocycles. The number of rotatable bonds is 3.